The Bertz CT molecular complexity index is 313. The maximum absolute atomic E-state index is 12.5. The Hall–Kier alpha value is -0.760. The van der Waals surface area contributed by atoms with Gasteiger partial charge in [-0.1, -0.05) is 6.42 Å². The van der Waals surface area contributed by atoms with Crippen molar-refractivity contribution in [1.29, 1.82) is 5.26 Å². The number of alkyl halides is 3. The smallest absolute Gasteiger partial charge is 0.310 e. The molecule has 0 aromatic rings. The second-order valence-electron chi connectivity index (χ2n) is 5.53. The Morgan fingerprint density at radius 1 is 1.00 bits per heavy atom. The third-order valence-corrected chi connectivity index (χ3v) is 4.32. The molecule has 0 radical (unpaired) electrons. The van der Waals surface area contributed by atoms with E-state index in [0.29, 0.717) is 12.8 Å². The Labute approximate surface area is 106 Å². The van der Waals surface area contributed by atoms with E-state index in [0.717, 1.165) is 19.3 Å². The molecule has 2 aliphatic rings. The van der Waals surface area contributed by atoms with Gasteiger partial charge in [0.15, 0.2) is 0 Å². The van der Waals surface area contributed by atoms with Crippen LogP contribution in [0.15, 0.2) is 0 Å². The molecule has 102 valence electrons. The summed E-state index contributed by atoms with van der Waals surface area (Å²) in [6.07, 6.45) is 0.540. The highest BCUT2D eigenvalue weighted by Gasteiger charge is 2.42. The standard InChI is InChI=1S/C13H19F3N2/c14-13(15,16)10-4-6-11(7-5-10)18-12-3-1-2-9(12)8-17/h9-12,18H,1-7H2. The molecule has 2 rings (SSSR count). The van der Waals surface area contributed by atoms with Crippen molar-refractivity contribution in [2.75, 3.05) is 0 Å². The minimum atomic E-state index is -4.03. The molecular weight excluding hydrogens is 241 g/mol. The molecule has 2 unspecified atom stereocenters. The molecule has 0 amide bonds. The Morgan fingerprint density at radius 2 is 1.67 bits per heavy atom. The van der Waals surface area contributed by atoms with Gasteiger partial charge in [-0.3, -0.25) is 0 Å². The highest BCUT2D eigenvalue weighted by Crippen LogP contribution is 2.38. The van der Waals surface area contributed by atoms with Crippen molar-refractivity contribution < 1.29 is 13.2 Å². The molecule has 0 aromatic carbocycles. The van der Waals surface area contributed by atoms with Gasteiger partial charge >= 0.3 is 6.18 Å². The third kappa shape index (κ3) is 3.17. The summed E-state index contributed by atoms with van der Waals surface area (Å²) < 4.78 is 37.6. The lowest BCUT2D eigenvalue weighted by atomic mass is 9.85. The fourth-order valence-corrected chi connectivity index (χ4v) is 3.20. The van der Waals surface area contributed by atoms with Crippen molar-refractivity contribution in [2.24, 2.45) is 11.8 Å². The summed E-state index contributed by atoms with van der Waals surface area (Å²) in [6, 6.07) is 2.66. The molecule has 2 aliphatic carbocycles. The summed E-state index contributed by atoms with van der Waals surface area (Å²) in [7, 11) is 0. The summed E-state index contributed by atoms with van der Waals surface area (Å²) in [5, 5.41) is 12.4. The molecule has 2 fully saturated rings. The summed E-state index contributed by atoms with van der Waals surface area (Å²) in [6.45, 7) is 0. The van der Waals surface area contributed by atoms with Gasteiger partial charge in [-0.25, -0.2) is 0 Å². The van der Waals surface area contributed by atoms with Gasteiger partial charge in [0.2, 0.25) is 0 Å². The van der Waals surface area contributed by atoms with Gasteiger partial charge in [0, 0.05) is 12.1 Å². The lowest BCUT2D eigenvalue weighted by Crippen LogP contribution is -2.43. The summed E-state index contributed by atoms with van der Waals surface area (Å²) in [5.74, 6) is -1.07. The SMILES string of the molecule is N#CC1CCCC1NC1CCC(C(F)(F)F)CC1. The van der Waals surface area contributed by atoms with Crippen LogP contribution in [-0.4, -0.2) is 18.3 Å². The number of hydrogen-bond acceptors (Lipinski definition) is 2. The topological polar surface area (TPSA) is 35.8 Å². The van der Waals surface area contributed by atoms with Crippen molar-refractivity contribution in [3.63, 3.8) is 0 Å². The van der Waals surface area contributed by atoms with Crippen molar-refractivity contribution in [1.82, 2.24) is 5.32 Å². The molecule has 0 aromatic heterocycles. The van der Waals surface area contributed by atoms with E-state index in [4.69, 9.17) is 5.26 Å². The number of halogens is 3. The van der Waals surface area contributed by atoms with E-state index in [9.17, 15) is 13.2 Å². The molecule has 0 saturated heterocycles. The van der Waals surface area contributed by atoms with E-state index in [1.165, 1.54) is 0 Å². The van der Waals surface area contributed by atoms with Gasteiger partial charge in [-0.2, -0.15) is 18.4 Å². The van der Waals surface area contributed by atoms with Crippen molar-refractivity contribution >= 4 is 0 Å². The molecule has 2 atom stereocenters. The summed E-state index contributed by atoms with van der Waals surface area (Å²) in [4.78, 5) is 0. The van der Waals surface area contributed by atoms with Gasteiger partial charge in [-0.05, 0) is 38.5 Å². The first-order valence-electron chi connectivity index (χ1n) is 6.73. The van der Waals surface area contributed by atoms with Gasteiger partial charge in [0.05, 0.1) is 17.9 Å². The van der Waals surface area contributed by atoms with E-state index in [2.05, 4.69) is 11.4 Å². The van der Waals surface area contributed by atoms with Crippen LogP contribution in [0.4, 0.5) is 13.2 Å². The molecule has 2 saturated carbocycles. The Kier molecular flexibility index (Phi) is 4.16. The first-order chi connectivity index (χ1) is 8.50. The summed E-state index contributed by atoms with van der Waals surface area (Å²) >= 11 is 0. The average molecular weight is 260 g/mol. The fourth-order valence-electron chi connectivity index (χ4n) is 3.20. The van der Waals surface area contributed by atoms with Crippen molar-refractivity contribution in [2.45, 2.75) is 63.2 Å². The maximum atomic E-state index is 12.5. The zero-order valence-corrected chi connectivity index (χ0v) is 10.3. The molecule has 0 heterocycles. The second-order valence-corrected chi connectivity index (χ2v) is 5.53. The molecular formula is C13H19F3N2. The molecule has 0 bridgehead atoms. The minimum Gasteiger partial charge on any atom is -0.310 e. The number of nitrogens with zero attached hydrogens (tertiary/aromatic N) is 1. The van der Waals surface area contributed by atoms with E-state index >= 15 is 0 Å². The first-order valence-corrected chi connectivity index (χ1v) is 6.73. The Morgan fingerprint density at radius 3 is 2.22 bits per heavy atom. The van der Waals surface area contributed by atoms with Crippen LogP contribution < -0.4 is 5.32 Å². The van der Waals surface area contributed by atoms with E-state index in [1.807, 2.05) is 0 Å². The van der Waals surface area contributed by atoms with Gasteiger partial charge in [0.1, 0.15) is 0 Å². The predicted octanol–water partition coefficient (Wildman–Crippen LogP) is 3.39. The molecule has 18 heavy (non-hydrogen) atoms. The van der Waals surface area contributed by atoms with Crippen LogP contribution in [0.25, 0.3) is 0 Å². The summed E-state index contributed by atoms with van der Waals surface area (Å²) in [5.41, 5.74) is 0. The van der Waals surface area contributed by atoms with Crippen molar-refractivity contribution in [3.05, 3.63) is 0 Å². The number of nitrogens with one attached hydrogen (secondary N) is 1. The van der Waals surface area contributed by atoms with Crippen molar-refractivity contribution in [3.8, 4) is 6.07 Å². The lowest BCUT2D eigenvalue weighted by molar-refractivity contribution is -0.182. The van der Waals surface area contributed by atoms with Crippen LogP contribution in [0.3, 0.4) is 0 Å². The normalized spacial score (nSPS) is 37.4. The molecule has 5 heteroatoms. The van der Waals surface area contributed by atoms with Crippen LogP contribution in [0.1, 0.15) is 44.9 Å². The second kappa shape index (κ2) is 5.48. The minimum absolute atomic E-state index is 0.0466. The van der Waals surface area contributed by atoms with Crippen LogP contribution >= 0.6 is 0 Å². The average Bonchev–Trinajstić information content (AvgIpc) is 2.76. The van der Waals surface area contributed by atoms with Gasteiger partial charge in [-0.15, -0.1) is 0 Å². The first kappa shape index (κ1) is 13.7. The van der Waals surface area contributed by atoms with Crippen LogP contribution in [0.2, 0.25) is 0 Å². The van der Waals surface area contributed by atoms with Gasteiger partial charge in [0.25, 0.3) is 0 Å². The zero-order valence-electron chi connectivity index (χ0n) is 10.3. The number of rotatable bonds is 2. The molecule has 0 spiro atoms. The monoisotopic (exact) mass is 260 g/mol. The molecule has 1 N–H and O–H groups in total. The Balaban J connectivity index is 1.79. The van der Waals surface area contributed by atoms with Crippen LogP contribution in [-0.2, 0) is 0 Å². The largest absolute Gasteiger partial charge is 0.391 e. The quantitative estimate of drug-likeness (QED) is 0.826. The van der Waals surface area contributed by atoms with E-state index in [-0.39, 0.29) is 30.8 Å². The number of hydrogen-bond donors (Lipinski definition) is 1. The zero-order chi connectivity index (χ0) is 13.2. The molecule has 0 aliphatic heterocycles. The number of nitriles is 1. The van der Waals surface area contributed by atoms with Crippen LogP contribution in [0, 0.1) is 23.2 Å². The molecule has 2 nitrogen and oxygen atoms in total. The van der Waals surface area contributed by atoms with E-state index < -0.39 is 12.1 Å². The van der Waals surface area contributed by atoms with Gasteiger partial charge < -0.3 is 5.32 Å². The predicted molar refractivity (Wildman–Crippen MR) is 61.7 cm³/mol. The van der Waals surface area contributed by atoms with E-state index in [1.54, 1.807) is 0 Å². The highest BCUT2D eigenvalue weighted by atomic mass is 19.4. The van der Waals surface area contributed by atoms with Crippen LogP contribution in [0.5, 0.6) is 0 Å². The highest BCUT2D eigenvalue weighted by molar-refractivity contribution is 4.98. The third-order valence-electron chi connectivity index (χ3n) is 4.32. The lowest BCUT2D eigenvalue weighted by Gasteiger charge is -2.32. The fraction of sp³-hybridized carbons (Fsp3) is 0.923. The maximum Gasteiger partial charge on any atom is 0.391 e.